The Bertz CT molecular complexity index is 604. The summed E-state index contributed by atoms with van der Waals surface area (Å²) in [5.74, 6) is 2.82. The molecule has 1 saturated carbocycles. The van der Waals surface area contributed by atoms with Crippen LogP contribution in [0.25, 0.3) is 0 Å². The van der Waals surface area contributed by atoms with Gasteiger partial charge < -0.3 is 14.5 Å². The second kappa shape index (κ2) is 6.17. The van der Waals surface area contributed by atoms with Gasteiger partial charge in [-0.1, -0.05) is 0 Å². The Balaban J connectivity index is 1.36. The summed E-state index contributed by atoms with van der Waals surface area (Å²) in [5, 5.41) is 2.78. The van der Waals surface area contributed by atoms with Gasteiger partial charge in [-0.25, -0.2) is 0 Å². The van der Waals surface area contributed by atoms with Crippen LogP contribution in [0, 0.1) is 12.8 Å². The van der Waals surface area contributed by atoms with Gasteiger partial charge in [-0.15, -0.1) is 0 Å². The molecule has 3 heterocycles. The van der Waals surface area contributed by atoms with Crippen LogP contribution < -0.4 is 5.32 Å². The molecular weight excluding hydrogens is 306 g/mol. The monoisotopic (exact) mass is 333 g/mol. The maximum atomic E-state index is 12.1. The Morgan fingerprint density at radius 3 is 2.75 bits per heavy atom. The molecule has 6 heteroatoms. The highest BCUT2D eigenvalue weighted by atomic mass is 16.5. The molecular formula is C18H27N3O3. The summed E-state index contributed by atoms with van der Waals surface area (Å²) in [5.41, 5.74) is -0.110. The zero-order chi connectivity index (χ0) is 16.7. The minimum Gasteiger partial charge on any atom is -0.465 e. The summed E-state index contributed by atoms with van der Waals surface area (Å²) in [6, 6.07) is 3.92. The molecule has 0 aromatic carbocycles. The van der Waals surface area contributed by atoms with Gasteiger partial charge in [-0.05, 0) is 37.8 Å². The first-order chi connectivity index (χ1) is 11.6. The van der Waals surface area contributed by atoms with Gasteiger partial charge in [0.1, 0.15) is 23.2 Å². The number of aryl methyl sites for hydroxylation is 1. The normalized spacial score (nSPS) is 27.2. The molecule has 1 aliphatic carbocycles. The number of morpholine rings is 1. The van der Waals surface area contributed by atoms with Crippen LogP contribution in [-0.4, -0.2) is 67.2 Å². The standard InChI is InChI=1S/C18H27N3O3/c1-13-3-6-15(24-13)8-20-10-18(11-20)12-21(7-14-4-5-14)16(9-23-18)17(22)19-2/h3,6,14,16H,4-5,7-12H2,1-2H3,(H,19,22)/t16-/m0/s1. The topological polar surface area (TPSA) is 58.0 Å². The molecule has 4 rings (SSSR count). The fourth-order valence-electron chi connectivity index (χ4n) is 3.98. The first kappa shape index (κ1) is 16.1. The van der Waals surface area contributed by atoms with Crippen molar-refractivity contribution >= 4 is 5.91 Å². The molecule has 0 radical (unpaired) electrons. The highest BCUT2D eigenvalue weighted by Crippen LogP contribution is 2.36. The van der Waals surface area contributed by atoms with Gasteiger partial charge in [0.2, 0.25) is 5.91 Å². The van der Waals surface area contributed by atoms with Crippen molar-refractivity contribution in [2.75, 3.05) is 39.8 Å². The number of furan rings is 1. The third kappa shape index (κ3) is 3.23. The van der Waals surface area contributed by atoms with Gasteiger partial charge in [-0.2, -0.15) is 0 Å². The Morgan fingerprint density at radius 1 is 1.33 bits per heavy atom. The lowest BCUT2D eigenvalue weighted by atomic mass is 9.90. The number of nitrogens with one attached hydrogen (secondary N) is 1. The molecule has 1 N–H and O–H groups in total. The number of likely N-dealkylation sites (N-methyl/N-ethyl adjacent to an activating group) is 1. The maximum absolute atomic E-state index is 12.1. The summed E-state index contributed by atoms with van der Waals surface area (Å²) in [6.45, 7) is 7.01. The van der Waals surface area contributed by atoms with E-state index in [1.807, 2.05) is 19.1 Å². The number of amides is 1. The van der Waals surface area contributed by atoms with Crippen LogP contribution in [-0.2, 0) is 16.1 Å². The molecule has 3 fully saturated rings. The highest BCUT2D eigenvalue weighted by Gasteiger charge is 2.51. The zero-order valence-corrected chi connectivity index (χ0v) is 14.6. The highest BCUT2D eigenvalue weighted by molar-refractivity contribution is 5.81. The zero-order valence-electron chi connectivity index (χ0n) is 14.6. The Kier molecular flexibility index (Phi) is 4.14. The average molecular weight is 333 g/mol. The first-order valence-electron chi connectivity index (χ1n) is 8.94. The number of hydrogen-bond donors (Lipinski definition) is 1. The van der Waals surface area contributed by atoms with E-state index in [9.17, 15) is 4.79 Å². The molecule has 6 nitrogen and oxygen atoms in total. The summed E-state index contributed by atoms with van der Waals surface area (Å²) in [4.78, 5) is 16.9. The molecule has 1 aromatic rings. The average Bonchev–Trinajstić information content (AvgIpc) is 3.26. The third-order valence-electron chi connectivity index (χ3n) is 5.42. The van der Waals surface area contributed by atoms with E-state index < -0.39 is 0 Å². The number of ether oxygens (including phenoxy) is 1. The molecule has 1 aromatic heterocycles. The lowest BCUT2D eigenvalue weighted by Crippen LogP contribution is -2.72. The van der Waals surface area contributed by atoms with Crippen LogP contribution in [0.1, 0.15) is 24.4 Å². The maximum Gasteiger partial charge on any atom is 0.239 e. The molecule has 1 amide bonds. The van der Waals surface area contributed by atoms with Crippen LogP contribution in [0.15, 0.2) is 16.5 Å². The molecule has 1 atom stereocenters. The van der Waals surface area contributed by atoms with Gasteiger partial charge in [0.15, 0.2) is 0 Å². The van der Waals surface area contributed by atoms with Crippen molar-refractivity contribution in [3.63, 3.8) is 0 Å². The SMILES string of the molecule is CNC(=O)[C@@H]1COC2(CN(Cc3ccc(C)o3)C2)CN1CC1CC1. The van der Waals surface area contributed by atoms with E-state index in [-0.39, 0.29) is 17.6 Å². The summed E-state index contributed by atoms with van der Waals surface area (Å²) >= 11 is 0. The largest absolute Gasteiger partial charge is 0.465 e. The predicted octanol–water partition coefficient (Wildman–Crippen LogP) is 0.999. The van der Waals surface area contributed by atoms with Gasteiger partial charge in [0.05, 0.1) is 13.2 Å². The Hall–Kier alpha value is -1.37. The smallest absolute Gasteiger partial charge is 0.239 e. The predicted molar refractivity (Wildman–Crippen MR) is 89.6 cm³/mol. The van der Waals surface area contributed by atoms with Gasteiger partial charge >= 0.3 is 0 Å². The summed E-state index contributed by atoms with van der Waals surface area (Å²) in [6.07, 6.45) is 2.60. The van der Waals surface area contributed by atoms with Crippen molar-refractivity contribution in [3.05, 3.63) is 23.7 Å². The molecule has 3 aliphatic rings. The Labute approximate surface area is 143 Å². The first-order valence-corrected chi connectivity index (χ1v) is 8.94. The fourth-order valence-corrected chi connectivity index (χ4v) is 3.98. The molecule has 2 saturated heterocycles. The van der Waals surface area contributed by atoms with E-state index in [0.717, 1.165) is 50.2 Å². The van der Waals surface area contributed by atoms with Crippen LogP contribution in [0.4, 0.5) is 0 Å². The lowest BCUT2D eigenvalue weighted by molar-refractivity contribution is -0.203. The summed E-state index contributed by atoms with van der Waals surface area (Å²) in [7, 11) is 1.71. The van der Waals surface area contributed by atoms with E-state index >= 15 is 0 Å². The summed E-state index contributed by atoms with van der Waals surface area (Å²) < 4.78 is 11.8. The van der Waals surface area contributed by atoms with Crippen LogP contribution >= 0.6 is 0 Å². The van der Waals surface area contributed by atoms with Crippen molar-refractivity contribution in [2.45, 2.75) is 38.0 Å². The van der Waals surface area contributed by atoms with Crippen LogP contribution in [0.3, 0.4) is 0 Å². The van der Waals surface area contributed by atoms with Crippen molar-refractivity contribution in [2.24, 2.45) is 5.92 Å². The van der Waals surface area contributed by atoms with Crippen molar-refractivity contribution in [3.8, 4) is 0 Å². The number of carbonyl (C=O) groups excluding carboxylic acids is 1. The van der Waals surface area contributed by atoms with E-state index in [2.05, 4.69) is 15.1 Å². The molecule has 0 unspecified atom stereocenters. The molecule has 2 aliphatic heterocycles. The molecule has 1 spiro atoms. The minimum atomic E-state index is -0.136. The molecule has 24 heavy (non-hydrogen) atoms. The number of likely N-dealkylation sites (tertiary alicyclic amines) is 1. The third-order valence-corrected chi connectivity index (χ3v) is 5.42. The van der Waals surface area contributed by atoms with Gasteiger partial charge in [-0.3, -0.25) is 14.6 Å². The molecule has 0 bridgehead atoms. The van der Waals surface area contributed by atoms with Crippen molar-refractivity contribution in [1.82, 2.24) is 15.1 Å². The number of hydrogen-bond acceptors (Lipinski definition) is 5. The number of carbonyl (C=O) groups is 1. The quantitative estimate of drug-likeness (QED) is 0.871. The second-order valence-electron chi connectivity index (χ2n) is 7.65. The lowest BCUT2D eigenvalue weighted by Gasteiger charge is -2.55. The Morgan fingerprint density at radius 2 is 2.12 bits per heavy atom. The van der Waals surface area contributed by atoms with Gasteiger partial charge in [0.25, 0.3) is 0 Å². The van der Waals surface area contributed by atoms with E-state index in [1.54, 1.807) is 7.05 Å². The van der Waals surface area contributed by atoms with Crippen LogP contribution in [0.5, 0.6) is 0 Å². The van der Waals surface area contributed by atoms with Crippen molar-refractivity contribution < 1.29 is 13.9 Å². The number of nitrogens with zero attached hydrogens (tertiary/aromatic N) is 2. The minimum absolute atomic E-state index is 0.0766. The van der Waals surface area contributed by atoms with Crippen molar-refractivity contribution in [1.29, 1.82) is 0 Å². The van der Waals surface area contributed by atoms with Crippen LogP contribution in [0.2, 0.25) is 0 Å². The van der Waals surface area contributed by atoms with E-state index in [4.69, 9.17) is 9.15 Å². The number of rotatable bonds is 5. The second-order valence-corrected chi connectivity index (χ2v) is 7.65. The molecule has 132 valence electrons. The van der Waals surface area contributed by atoms with E-state index in [0.29, 0.717) is 6.61 Å². The fraction of sp³-hybridized carbons (Fsp3) is 0.722. The van der Waals surface area contributed by atoms with Gasteiger partial charge in [0, 0.05) is 33.2 Å². The van der Waals surface area contributed by atoms with E-state index in [1.165, 1.54) is 12.8 Å².